The normalized spacial score (nSPS) is 27.9. The number of hydrogen-bond acceptors (Lipinski definition) is 4. The van der Waals surface area contributed by atoms with Crippen LogP contribution in [0.1, 0.15) is 62.7 Å². The van der Waals surface area contributed by atoms with E-state index in [-0.39, 0.29) is 11.9 Å². The molecule has 0 spiro atoms. The molecule has 1 amide bonds. The summed E-state index contributed by atoms with van der Waals surface area (Å²) in [5, 5.41) is 4.63. The van der Waals surface area contributed by atoms with Gasteiger partial charge in [0, 0.05) is 48.4 Å². The van der Waals surface area contributed by atoms with E-state index >= 15 is 0 Å². The van der Waals surface area contributed by atoms with Crippen molar-refractivity contribution in [2.75, 3.05) is 12.3 Å². The van der Waals surface area contributed by atoms with Gasteiger partial charge in [0.2, 0.25) is 5.91 Å². The third-order valence-corrected chi connectivity index (χ3v) is 7.09. The number of likely N-dealkylation sites (tertiary alicyclic amines) is 1. The molecule has 2 aliphatic carbocycles. The lowest BCUT2D eigenvalue weighted by Gasteiger charge is -2.26. The van der Waals surface area contributed by atoms with Gasteiger partial charge in [-0.2, -0.15) is 18.3 Å². The molecule has 2 aromatic heterocycles. The first-order chi connectivity index (χ1) is 14.6. The summed E-state index contributed by atoms with van der Waals surface area (Å²) in [6.07, 6.45) is 0.403. The number of aromatic nitrogens is 3. The van der Waals surface area contributed by atoms with Crippen molar-refractivity contribution in [3.8, 4) is 11.3 Å². The van der Waals surface area contributed by atoms with Crippen molar-refractivity contribution in [3.63, 3.8) is 0 Å². The Morgan fingerprint density at radius 1 is 1.19 bits per heavy atom. The molecular weight excluding hydrogens is 407 g/mol. The summed E-state index contributed by atoms with van der Waals surface area (Å²) in [6, 6.07) is 3.37. The Hall–Kier alpha value is -2.58. The summed E-state index contributed by atoms with van der Waals surface area (Å²) in [6.45, 7) is 4.91. The lowest BCUT2D eigenvalue weighted by Crippen LogP contribution is -2.35. The van der Waals surface area contributed by atoms with Gasteiger partial charge in [0.15, 0.2) is 0 Å². The lowest BCUT2D eigenvalue weighted by molar-refractivity contribution is -0.137. The number of halogens is 3. The van der Waals surface area contributed by atoms with Crippen LogP contribution >= 0.6 is 0 Å². The van der Waals surface area contributed by atoms with Crippen LogP contribution in [0, 0.1) is 11.8 Å². The average Bonchev–Trinajstić information content (AvgIpc) is 3.13. The fourth-order valence-electron chi connectivity index (χ4n) is 5.62. The molecule has 3 aliphatic rings. The fourth-order valence-corrected chi connectivity index (χ4v) is 5.62. The van der Waals surface area contributed by atoms with Crippen LogP contribution in [0.25, 0.3) is 11.3 Å². The molecule has 3 heterocycles. The number of hydrogen-bond donors (Lipinski definition) is 1. The van der Waals surface area contributed by atoms with Crippen molar-refractivity contribution in [1.29, 1.82) is 0 Å². The molecule has 1 saturated heterocycles. The summed E-state index contributed by atoms with van der Waals surface area (Å²) in [4.78, 5) is 17.9. The molecule has 4 atom stereocenters. The number of fused-ring (bicyclic) bond motifs is 1. The van der Waals surface area contributed by atoms with Gasteiger partial charge in [-0.25, -0.2) is 4.98 Å². The topological polar surface area (TPSA) is 77.0 Å². The zero-order valence-electron chi connectivity index (χ0n) is 17.6. The van der Waals surface area contributed by atoms with Gasteiger partial charge in [0.1, 0.15) is 5.82 Å². The Labute approximate surface area is 178 Å². The van der Waals surface area contributed by atoms with E-state index in [0.717, 1.165) is 37.6 Å². The third kappa shape index (κ3) is 3.38. The van der Waals surface area contributed by atoms with Crippen LogP contribution < -0.4 is 5.73 Å². The highest BCUT2D eigenvalue weighted by Crippen LogP contribution is 2.64. The predicted molar refractivity (Wildman–Crippen MR) is 109 cm³/mol. The number of nitrogens with zero attached hydrogens (tertiary/aromatic N) is 4. The van der Waals surface area contributed by atoms with E-state index in [1.807, 2.05) is 29.5 Å². The molecular formula is C22H26F3N5O. The summed E-state index contributed by atoms with van der Waals surface area (Å²) >= 11 is 0. The fraction of sp³-hybridized carbons (Fsp3) is 0.591. The van der Waals surface area contributed by atoms with Crippen LogP contribution in [0.3, 0.4) is 0 Å². The van der Waals surface area contributed by atoms with Gasteiger partial charge in [-0.15, -0.1) is 0 Å². The highest BCUT2D eigenvalue weighted by atomic mass is 19.4. The molecule has 1 aliphatic heterocycles. The minimum absolute atomic E-state index is 0.0878. The van der Waals surface area contributed by atoms with Crippen molar-refractivity contribution >= 4 is 11.7 Å². The molecule has 2 saturated carbocycles. The van der Waals surface area contributed by atoms with Gasteiger partial charge in [-0.3, -0.25) is 9.48 Å². The zero-order valence-corrected chi connectivity index (χ0v) is 17.6. The number of carbonyl (C=O) groups is 1. The van der Waals surface area contributed by atoms with E-state index in [2.05, 4.69) is 10.1 Å². The Bertz CT molecular complexity index is 1020. The number of anilines is 1. The first kappa shape index (κ1) is 20.3. The van der Waals surface area contributed by atoms with Gasteiger partial charge in [-0.1, -0.05) is 0 Å². The van der Waals surface area contributed by atoms with E-state index in [9.17, 15) is 18.0 Å². The van der Waals surface area contributed by atoms with Crippen LogP contribution in [0.2, 0.25) is 0 Å². The van der Waals surface area contributed by atoms with E-state index < -0.39 is 17.6 Å². The summed E-state index contributed by atoms with van der Waals surface area (Å²) in [5.74, 6) is 1.11. The minimum atomic E-state index is -4.56. The van der Waals surface area contributed by atoms with Crippen LogP contribution in [0.4, 0.5) is 19.0 Å². The number of nitrogens with two attached hydrogens (primary N) is 1. The van der Waals surface area contributed by atoms with Gasteiger partial charge in [0.25, 0.3) is 0 Å². The first-order valence-corrected chi connectivity index (χ1v) is 10.9. The Morgan fingerprint density at radius 2 is 1.90 bits per heavy atom. The standard InChI is InChI=1S/C22H26F3N5O/c1-11(2)30-18(20-14-7-13(8-15(14)20)29-5-3-4-19(29)31)9-17(28-30)12-6-16(22(23,24)25)21(26)27-10-12/h6,9-11,13-15,20H,3-5,7-8H2,1-2H3,(H2,26,27)/t13-,14-,15+,20+. The molecule has 0 unspecified atom stereocenters. The smallest absolute Gasteiger partial charge is 0.383 e. The van der Waals surface area contributed by atoms with Crippen LogP contribution in [0.5, 0.6) is 0 Å². The average molecular weight is 433 g/mol. The van der Waals surface area contributed by atoms with Crippen molar-refractivity contribution < 1.29 is 18.0 Å². The summed E-state index contributed by atoms with van der Waals surface area (Å²) in [5.41, 5.74) is 6.37. The number of carbonyl (C=O) groups excluding carboxylic acids is 1. The molecule has 0 aromatic carbocycles. The Kier molecular flexibility index (Phi) is 4.57. The van der Waals surface area contributed by atoms with Gasteiger partial charge in [-0.05, 0) is 57.1 Å². The number of alkyl halides is 3. The Balaban J connectivity index is 1.41. The molecule has 31 heavy (non-hydrogen) atoms. The largest absolute Gasteiger partial charge is 0.419 e. The maximum absolute atomic E-state index is 13.3. The van der Waals surface area contributed by atoms with E-state index in [1.54, 1.807) is 0 Å². The Morgan fingerprint density at radius 3 is 2.48 bits per heavy atom. The van der Waals surface area contributed by atoms with Crippen molar-refractivity contribution in [1.82, 2.24) is 19.7 Å². The second-order valence-corrected chi connectivity index (χ2v) is 9.32. The SMILES string of the molecule is CC(C)n1nc(-c2cnc(N)c(C(F)(F)F)c2)cc1[C@H]1[C@@H]2C[C@@H](N3CCCC3=O)C[C@@H]21. The van der Waals surface area contributed by atoms with Gasteiger partial charge >= 0.3 is 6.18 Å². The van der Waals surface area contributed by atoms with E-state index in [4.69, 9.17) is 5.73 Å². The number of rotatable bonds is 4. The van der Waals surface area contributed by atoms with E-state index in [1.165, 1.54) is 6.20 Å². The highest BCUT2D eigenvalue weighted by Gasteiger charge is 2.59. The second-order valence-electron chi connectivity index (χ2n) is 9.32. The van der Waals surface area contributed by atoms with Crippen molar-refractivity contribution in [2.45, 2.75) is 63.7 Å². The molecule has 166 valence electrons. The van der Waals surface area contributed by atoms with Gasteiger partial charge in [0.05, 0.1) is 11.3 Å². The predicted octanol–water partition coefficient (Wildman–Crippen LogP) is 4.24. The van der Waals surface area contributed by atoms with Crippen LogP contribution in [-0.2, 0) is 11.0 Å². The number of amides is 1. The molecule has 9 heteroatoms. The minimum Gasteiger partial charge on any atom is -0.383 e. The third-order valence-electron chi connectivity index (χ3n) is 7.09. The number of pyridine rings is 1. The van der Waals surface area contributed by atoms with Crippen molar-refractivity contribution in [2.24, 2.45) is 11.8 Å². The molecule has 6 nitrogen and oxygen atoms in total. The quantitative estimate of drug-likeness (QED) is 0.782. The molecule has 0 radical (unpaired) electrons. The summed E-state index contributed by atoms with van der Waals surface area (Å²) in [7, 11) is 0. The molecule has 2 aromatic rings. The number of nitrogen functional groups attached to an aromatic ring is 1. The van der Waals surface area contributed by atoms with E-state index in [0.29, 0.717) is 41.5 Å². The molecule has 5 rings (SSSR count). The molecule has 3 fully saturated rings. The maximum atomic E-state index is 13.3. The molecule has 0 bridgehead atoms. The zero-order chi connectivity index (χ0) is 22.1. The first-order valence-electron chi connectivity index (χ1n) is 10.9. The van der Waals surface area contributed by atoms with Crippen LogP contribution in [-0.4, -0.2) is 38.2 Å². The van der Waals surface area contributed by atoms with Crippen LogP contribution in [0.15, 0.2) is 18.3 Å². The summed E-state index contributed by atoms with van der Waals surface area (Å²) < 4.78 is 41.7. The highest BCUT2D eigenvalue weighted by molar-refractivity contribution is 5.78. The second kappa shape index (κ2) is 6.97. The lowest BCUT2D eigenvalue weighted by atomic mass is 10.0. The van der Waals surface area contributed by atoms with Crippen molar-refractivity contribution in [3.05, 3.63) is 29.6 Å². The monoisotopic (exact) mass is 433 g/mol. The molecule has 2 N–H and O–H groups in total. The van der Waals surface area contributed by atoms with Gasteiger partial charge < -0.3 is 10.6 Å². The maximum Gasteiger partial charge on any atom is 0.419 e.